The molecule has 0 spiro atoms. The predicted molar refractivity (Wildman–Crippen MR) is 77.8 cm³/mol. The van der Waals surface area contributed by atoms with Crippen molar-refractivity contribution in [3.8, 4) is 0 Å². The molecule has 3 N–H and O–H groups in total. The fourth-order valence-electron chi connectivity index (χ4n) is 3.35. The second-order valence-electron chi connectivity index (χ2n) is 6.74. The molecule has 0 saturated heterocycles. The number of hydrogen-bond acceptors (Lipinski definition) is 3. The van der Waals surface area contributed by atoms with E-state index in [0.717, 1.165) is 31.2 Å². The molecule has 4 nitrogen and oxygen atoms in total. The number of nitrogens with one attached hydrogen (secondary N) is 1. The molecule has 0 heterocycles. The number of primary amides is 1. The monoisotopic (exact) mass is 267 g/mol. The van der Waals surface area contributed by atoms with Gasteiger partial charge >= 0.3 is 0 Å². The van der Waals surface area contributed by atoms with Crippen LogP contribution in [0.3, 0.4) is 0 Å². The average Bonchev–Trinajstić information content (AvgIpc) is 3.08. The average molecular weight is 267 g/mol. The van der Waals surface area contributed by atoms with Gasteiger partial charge in [0.05, 0.1) is 5.54 Å². The van der Waals surface area contributed by atoms with Gasteiger partial charge in [0.2, 0.25) is 5.91 Å². The minimum Gasteiger partial charge on any atom is -0.368 e. The molecule has 2 aliphatic carbocycles. The van der Waals surface area contributed by atoms with E-state index < -0.39 is 5.54 Å². The minimum absolute atomic E-state index is 0.183. The molecular formula is C15H29N3O. The van der Waals surface area contributed by atoms with Gasteiger partial charge in [-0.05, 0) is 58.0 Å². The molecule has 0 aromatic rings. The van der Waals surface area contributed by atoms with E-state index in [9.17, 15) is 4.79 Å². The van der Waals surface area contributed by atoms with Crippen molar-refractivity contribution >= 4 is 5.91 Å². The van der Waals surface area contributed by atoms with Crippen LogP contribution in [0.25, 0.3) is 0 Å². The summed E-state index contributed by atoms with van der Waals surface area (Å²) in [6.45, 7) is 5.73. The molecule has 2 rings (SSSR count). The van der Waals surface area contributed by atoms with Crippen molar-refractivity contribution in [2.75, 3.05) is 13.6 Å². The Hall–Kier alpha value is -0.610. The van der Waals surface area contributed by atoms with Gasteiger partial charge in [0, 0.05) is 12.1 Å². The number of carbonyl (C=O) groups is 1. The first-order valence-electron chi connectivity index (χ1n) is 7.73. The molecule has 2 aliphatic rings. The maximum absolute atomic E-state index is 11.7. The number of hydrogen-bond donors (Lipinski definition) is 2. The van der Waals surface area contributed by atoms with Gasteiger partial charge in [-0.15, -0.1) is 0 Å². The van der Waals surface area contributed by atoms with E-state index in [2.05, 4.69) is 24.1 Å². The minimum atomic E-state index is -0.463. The van der Waals surface area contributed by atoms with Crippen LogP contribution in [0.4, 0.5) is 0 Å². The van der Waals surface area contributed by atoms with Gasteiger partial charge in [0.25, 0.3) is 0 Å². The lowest BCUT2D eigenvalue weighted by Crippen LogP contribution is -2.53. The van der Waals surface area contributed by atoms with E-state index in [4.69, 9.17) is 5.73 Å². The Balaban J connectivity index is 1.98. The van der Waals surface area contributed by atoms with Gasteiger partial charge in [-0.2, -0.15) is 0 Å². The van der Waals surface area contributed by atoms with Gasteiger partial charge in [-0.25, -0.2) is 0 Å². The van der Waals surface area contributed by atoms with Crippen LogP contribution in [-0.2, 0) is 4.79 Å². The van der Waals surface area contributed by atoms with Gasteiger partial charge in [-0.3, -0.25) is 9.69 Å². The van der Waals surface area contributed by atoms with Crippen LogP contribution in [0.2, 0.25) is 0 Å². The van der Waals surface area contributed by atoms with Crippen LogP contribution in [0.5, 0.6) is 0 Å². The Bertz CT molecular complexity index is 327. The van der Waals surface area contributed by atoms with Gasteiger partial charge in [0.15, 0.2) is 0 Å². The molecule has 2 atom stereocenters. The van der Waals surface area contributed by atoms with E-state index in [0.29, 0.717) is 6.04 Å². The molecule has 4 heteroatoms. The summed E-state index contributed by atoms with van der Waals surface area (Å²) in [6.07, 6.45) is 6.77. The van der Waals surface area contributed by atoms with E-state index >= 15 is 0 Å². The lowest BCUT2D eigenvalue weighted by Gasteiger charge is -2.31. The summed E-state index contributed by atoms with van der Waals surface area (Å²) in [7, 11) is 1.86. The molecule has 0 aliphatic heterocycles. The van der Waals surface area contributed by atoms with Crippen molar-refractivity contribution in [2.24, 2.45) is 11.7 Å². The third-order valence-corrected chi connectivity index (χ3v) is 4.89. The smallest absolute Gasteiger partial charge is 0.237 e. The summed E-state index contributed by atoms with van der Waals surface area (Å²) in [5, 5.41) is 3.18. The summed E-state index contributed by atoms with van der Waals surface area (Å²) in [6, 6.07) is 1.30. The first kappa shape index (κ1) is 14.8. The largest absolute Gasteiger partial charge is 0.368 e. The Morgan fingerprint density at radius 1 is 1.37 bits per heavy atom. The number of rotatable bonds is 7. The number of carbonyl (C=O) groups excluding carboxylic acids is 1. The first-order chi connectivity index (χ1) is 8.98. The highest BCUT2D eigenvalue weighted by Gasteiger charge is 2.46. The molecule has 2 unspecified atom stereocenters. The summed E-state index contributed by atoms with van der Waals surface area (Å²) >= 11 is 0. The highest BCUT2D eigenvalue weighted by molar-refractivity contribution is 5.85. The number of nitrogens with zero attached hydrogens (tertiary/aromatic N) is 1. The van der Waals surface area contributed by atoms with Crippen LogP contribution >= 0.6 is 0 Å². The number of likely N-dealkylation sites (N-methyl/N-ethyl adjacent to an activating group) is 1. The van der Waals surface area contributed by atoms with Gasteiger partial charge in [0.1, 0.15) is 0 Å². The second kappa shape index (κ2) is 5.80. The fraction of sp³-hybridized carbons (Fsp3) is 0.933. The molecule has 1 amide bonds. The third kappa shape index (κ3) is 3.29. The van der Waals surface area contributed by atoms with Crippen LogP contribution < -0.4 is 11.1 Å². The number of amides is 1. The zero-order valence-electron chi connectivity index (χ0n) is 12.6. The summed E-state index contributed by atoms with van der Waals surface area (Å²) in [5.41, 5.74) is 5.14. The quantitative estimate of drug-likeness (QED) is 0.735. The van der Waals surface area contributed by atoms with Gasteiger partial charge < -0.3 is 11.1 Å². The topological polar surface area (TPSA) is 58.4 Å². The lowest BCUT2D eigenvalue weighted by atomic mass is 9.96. The van der Waals surface area contributed by atoms with Crippen LogP contribution in [0.1, 0.15) is 52.4 Å². The van der Waals surface area contributed by atoms with Crippen molar-refractivity contribution in [3.63, 3.8) is 0 Å². The summed E-state index contributed by atoms with van der Waals surface area (Å²) in [5.74, 6) is 0.560. The molecule has 0 radical (unpaired) electrons. The van der Waals surface area contributed by atoms with Crippen LogP contribution in [-0.4, -0.2) is 42.0 Å². The normalized spacial score (nSPS) is 31.3. The fourth-order valence-corrected chi connectivity index (χ4v) is 3.35. The van der Waals surface area contributed by atoms with Crippen molar-refractivity contribution in [2.45, 2.75) is 70.0 Å². The second-order valence-corrected chi connectivity index (χ2v) is 6.74. The first-order valence-corrected chi connectivity index (χ1v) is 7.73. The predicted octanol–water partition coefficient (Wildman–Crippen LogP) is 1.49. The van der Waals surface area contributed by atoms with Crippen LogP contribution in [0, 0.1) is 5.92 Å². The van der Waals surface area contributed by atoms with E-state index in [1.807, 2.05) is 7.05 Å². The van der Waals surface area contributed by atoms with Crippen molar-refractivity contribution in [1.82, 2.24) is 10.2 Å². The Labute approximate surface area is 117 Å². The standard InChI is InChI=1S/C15H29N3O/c1-11(2)7-9-18(12-4-5-12)13-6-8-15(10-13,17-3)14(16)19/h11-13,17H,4-10H2,1-3H3,(H2,16,19). The van der Waals surface area contributed by atoms with Crippen molar-refractivity contribution < 1.29 is 4.79 Å². The van der Waals surface area contributed by atoms with Crippen molar-refractivity contribution in [3.05, 3.63) is 0 Å². The lowest BCUT2D eigenvalue weighted by molar-refractivity contribution is -0.124. The third-order valence-electron chi connectivity index (χ3n) is 4.89. The highest BCUT2D eigenvalue weighted by Crippen LogP contribution is 2.38. The summed E-state index contributed by atoms with van der Waals surface area (Å²) < 4.78 is 0. The van der Waals surface area contributed by atoms with Crippen LogP contribution in [0.15, 0.2) is 0 Å². The molecular weight excluding hydrogens is 238 g/mol. The maximum atomic E-state index is 11.7. The SMILES string of the molecule is CNC1(C(N)=O)CCC(N(CCC(C)C)C2CC2)C1. The molecule has 0 aromatic heterocycles. The Morgan fingerprint density at radius 3 is 2.47 bits per heavy atom. The highest BCUT2D eigenvalue weighted by atomic mass is 16.1. The zero-order chi connectivity index (χ0) is 14.0. The van der Waals surface area contributed by atoms with Gasteiger partial charge in [-0.1, -0.05) is 13.8 Å². The zero-order valence-corrected chi connectivity index (χ0v) is 12.6. The molecule has 0 bridgehead atoms. The molecule has 0 aromatic carbocycles. The van der Waals surface area contributed by atoms with Crippen molar-refractivity contribution in [1.29, 1.82) is 0 Å². The number of nitrogens with two attached hydrogens (primary N) is 1. The molecule has 110 valence electrons. The van der Waals surface area contributed by atoms with E-state index in [1.165, 1.54) is 25.8 Å². The maximum Gasteiger partial charge on any atom is 0.237 e. The van der Waals surface area contributed by atoms with E-state index in [-0.39, 0.29) is 5.91 Å². The Kier molecular flexibility index (Phi) is 4.51. The molecule has 2 fully saturated rings. The molecule has 2 saturated carbocycles. The van der Waals surface area contributed by atoms with E-state index in [1.54, 1.807) is 0 Å². The molecule has 19 heavy (non-hydrogen) atoms. The summed E-state index contributed by atoms with van der Waals surface area (Å²) in [4.78, 5) is 14.4. The Morgan fingerprint density at radius 2 is 2.05 bits per heavy atom.